The molecule has 1 aliphatic rings. The molecule has 0 saturated heterocycles. The molecule has 0 spiro atoms. The number of hydrogen-bond donors (Lipinski definition) is 1. The van der Waals surface area contributed by atoms with Crippen LogP contribution in [0.25, 0.3) is 11.1 Å². The molecule has 0 aromatic heterocycles. The lowest BCUT2D eigenvalue weighted by Crippen LogP contribution is -2.36. The minimum Gasteiger partial charge on any atom is -0.508 e. The fourth-order valence-electron chi connectivity index (χ4n) is 5.64. The Morgan fingerprint density at radius 3 is 2.14 bits per heavy atom. The molecule has 3 rings (SSSR count). The van der Waals surface area contributed by atoms with Crippen LogP contribution in [0.15, 0.2) is 36.4 Å². The van der Waals surface area contributed by atoms with E-state index in [0.29, 0.717) is 31.5 Å². The Morgan fingerprint density at radius 2 is 1.45 bits per heavy atom. The number of halogens is 7. The van der Waals surface area contributed by atoms with E-state index in [1.807, 2.05) is 18.0 Å². The minimum absolute atomic E-state index is 0.177. The first kappa shape index (κ1) is 35.9. The van der Waals surface area contributed by atoms with E-state index in [-0.39, 0.29) is 17.9 Å². The van der Waals surface area contributed by atoms with E-state index < -0.39 is 52.2 Å². The van der Waals surface area contributed by atoms with E-state index in [4.69, 9.17) is 0 Å². The van der Waals surface area contributed by atoms with Gasteiger partial charge in [0.15, 0.2) is 0 Å². The second-order valence-corrected chi connectivity index (χ2v) is 13.9. The van der Waals surface area contributed by atoms with Crippen molar-refractivity contribution in [2.75, 3.05) is 31.6 Å². The number of sulfone groups is 1. The van der Waals surface area contributed by atoms with Crippen molar-refractivity contribution in [2.24, 2.45) is 0 Å². The van der Waals surface area contributed by atoms with Gasteiger partial charge in [0.1, 0.15) is 27.2 Å². The fraction of sp³-hybridized carbons (Fsp3) is 0.562. The molecule has 0 amide bonds. The maximum Gasteiger partial charge on any atom is 0.453 e. The molecule has 0 saturated carbocycles. The second kappa shape index (κ2) is 15.6. The number of unbranched alkanes of at least 4 members (excludes halogenated alkanes) is 3. The highest BCUT2D eigenvalue weighted by atomic mass is 32.2. The van der Waals surface area contributed by atoms with Gasteiger partial charge in [-0.15, -0.1) is 0 Å². The van der Waals surface area contributed by atoms with Gasteiger partial charge >= 0.3 is 12.1 Å². The van der Waals surface area contributed by atoms with Crippen LogP contribution in [0.4, 0.5) is 30.7 Å². The van der Waals surface area contributed by atoms with Crippen LogP contribution in [-0.2, 0) is 16.3 Å². The van der Waals surface area contributed by atoms with Crippen LogP contribution in [0.5, 0.6) is 5.75 Å². The normalized spacial score (nSPS) is 14.7. The number of aromatic hydroxyl groups is 1. The molecule has 0 atom stereocenters. The summed E-state index contributed by atoms with van der Waals surface area (Å²) in [5.41, 5.74) is 4.47. The van der Waals surface area contributed by atoms with E-state index in [2.05, 4.69) is 0 Å². The summed E-state index contributed by atoms with van der Waals surface area (Å²) in [6.07, 6.45) is -1.36. The maximum atomic E-state index is 14.1. The number of aryl methyl sites for hydroxylation is 1. The molecule has 0 bridgehead atoms. The van der Waals surface area contributed by atoms with Crippen molar-refractivity contribution in [3.63, 3.8) is 0 Å². The van der Waals surface area contributed by atoms with Gasteiger partial charge in [-0.2, -0.15) is 22.0 Å². The van der Waals surface area contributed by atoms with Crippen LogP contribution in [0.3, 0.4) is 0 Å². The molecular formula is C32H40F7NO3S. The molecule has 0 aliphatic heterocycles. The molecule has 0 fully saturated rings. The Morgan fingerprint density at radius 1 is 0.818 bits per heavy atom. The number of fused-ring (bicyclic) bond motifs is 1. The Labute approximate surface area is 254 Å². The van der Waals surface area contributed by atoms with E-state index >= 15 is 0 Å². The van der Waals surface area contributed by atoms with Gasteiger partial charge in [0, 0.05) is 12.5 Å². The molecule has 246 valence electrons. The van der Waals surface area contributed by atoms with Crippen molar-refractivity contribution in [3.05, 3.63) is 64.7 Å². The summed E-state index contributed by atoms with van der Waals surface area (Å²) in [6.45, 7) is 1.15. The SMILES string of the molecule is CN(CCCCCCC1=C(c2cc(F)cc(F)c2)CCCc2cc(O)ccc21)CCCS(=O)(=O)CCCC(F)(F)C(F)(F)F. The van der Waals surface area contributed by atoms with Gasteiger partial charge < -0.3 is 10.0 Å². The molecule has 1 aliphatic carbocycles. The third-order valence-corrected chi connectivity index (χ3v) is 9.76. The Hall–Kier alpha value is -2.60. The standard InChI is InChI=1S/C32H40F7NO3S/c1-40(16-8-18-44(42,43)17-7-14-31(35,36)32(37,38)39)15-5-3-2-4-10-30-28(24-19-25(33)22-26(34)20-24)11-6-9-23-21-27(41)12-13-29(23)30/h12-13,19-22,41H,2-11,14-18H2,1H3. The average molecular weight is 652 g/mol. The number of allylic oxidation sites excluding steroid dienone is 2. The number of alkyl halides is 5. The maximum absolute atomic E-state index is 14.1. The topological polar surface area (TPSA) is 57.6 Å². The third-order valence-electron chi connectivity index (χ3n) is 7.93. The zero-order valence-corrected chi connectivity index (χ0v) is 25.7. The second-order valence-electron chi connectivity index (χ2n) is 11.6. The number of rotatable bonds is 16. The lowest BCUT2D eigenvalue weighted by molar-refractivity contribution is -0.284. The first-order valence-electron chi connectivity index (χ1n) is 14.9. The summed E-state index contributed by atoms with van der Waals surface area (Å²) in [4.78, 5) is 1.96. The number of benzene rings is 2. The fourth-order valence-corrected chi connectivity index (χ4v) is 7.00. The summed E-state index contributed by atoms with van der Waals surface area (Å²) in [5.74, 6) is -6.96. The summed E-state index contributed by atoms with van der Waals surface area (Å²) < 4.78 is 115. The molecule has 2 aromatic carbocycles. The Kier molecular flexibility index (Phi) is 12.7. The molecule has 0 radical (unpaired) electrons. The average Bonchev–Trinajstić information content (AvgIpc) is 3.08. The van der Waals surface area contributed by atoms with Crippen LogP contribution in [0.2, 0.25) is 0 Å². The highest BCUT2D eigenvalue weighted by molar-refractivity contribution is 7.91. The smallest absolute Gasteiger partial charge is 0.453 e. The number of phenolic OH excluding ortho intramolecular Hbond substituents is 1. The van der Waals surface area contributed by atoms with Gasteiger partial charge in [-0.3, -0.25) is 0 Å². The zero-order valence-electron chi connectivity index (χ0n) is 24.8. The molecule has 1 N–H and O–H groups in total. The number of phenols is 1. The molecule has 0 heterocycles. The van der Waals surface area contributed by atoms with Crippen LogP contribution < -0.4 is 0 Å². The molecule has 4 nitrogen and oxygen atoms in total. The van der Waals surface area contributed by atoms with Gasteiger partial charge in [-0.05, 0) is 124 Å². The zero-order chi connectivity index (χ0) is 32.5. The summed E-state index contributed by atoms with van der Waals surface area (Å²) in [5, 5.41) is 10.0. The minimum atomic E-state index is -5.69. The van der Waals surface area contributed by atoms with E-state index in [9.17, 15) is 44.3 Å². The van der Waals surface area contributed by atoms with Gasteiger partial charge in [-0.1, -0.05) is 18.9 Å². The van der Waals surface area contributed by atoms with Crippen molar-refractivity contribution < 1.29 is 44.3 Å². The first-order valence-corrected chi connectivity index (χ1v) is 16.7. The lowest BCUT2D eigenvalue weighted by atomic mass is 9.89. The van der Waals surface area contributed by atoms with E-state index in [1.165, 1.54) is 12.1 Å². The van der Waals surface area contributed by atoms with Crippen LogP contribution >= 0.6 is 0 Å². The summed E-state index contributed by atoms with van der Waals surface area (Å²) in [6, 6.07) is 8.82. The Balaban J connectivity index is 1.46. The number of hydrogen-bond acceptors (Lipinski definition) is 4. The van der Waals surface area contributed by atoms with E-state index in [0.717, 1.165) is 66.9 Å². The predicted octanol–water partition coefficient (Wildman–Crippen LogP) is 8.58. The molecular weight excluding hydrogens is 611 g/mol. The molecule has 2 aromatic rings. The Bertz CT molecular complexity index is 1370. The molecule has 12 heteroatoms. The van der Waals surface area contributed by atoms with Crippen molar-refractivity contribution in [3.8, 4) is 5.75 Å². The molecule has 0 unspecified atom stereocenters. The van der Waals surface area contributed by atoms with Crippen LogP contribution in [0.1, 0.15) is 80.9 Å². The quantitative estimate of drug-likeness (QED) is 0.146. The number of nitrogens with zero attached hydrogens (tertiary/aromatic N) is 1. The highest BCUT2D eigenvalue weighted by Gasteiger charge is 2.56. The third kappa shape index (κ3) is 10.8. The van der Waals surface area contributed by atoms with Crippen LogP contribution in [-0.4, -0.2) is 62.2 Å². The molecule has 44 heavy (non-hydrogen) atoms. The summed E-state index contributed by atoms with van der Waals surface area (Å²) in [7, 11) is -1.89. The lowest BCUT2D eigenvalue weighted by Gasteiger charge is -2.19. The van der Waals surface area contributed by atoms with E-state index in [1.54, 1.807) is 12.1 Å². The van der Waals surface area contributed by atoms with Crippen molar-refractivity contribution in [1.82, 2.24) is 4.90 Å². The summed E-state index contributed by atoms with van der Waals surface area (Å²) >= 11 is 0. The first-order chi connectivity index (χ1) is 20.6. The van der Waals surface area contributed by atoms with Gasteiger partial charge in [-0.25, -0.2) is 17.2 Å². The predicted molar refractivity (Wildman–Crippen MR) is 158 cm³/mol. The van der Waals surface area contributed by atoms with Crippen molar-refractivity contribution in [2.45, 2.75) is 82.7 Å². The van der Waals surface area contributed by atoms with Gasteiger partial charge in [0.05, 0.1) is 11.5 Å². The monoisotopic (exact) mass is 651 g/mol. The van der Waals surface area contributed by atoms with Crippen LogP contribution in [0, 0.1) is 11.6 Å². The van der Waals surface area contributed by atoms with Gasteiger partial charge in [0.25, 0.3) is 0 Å². The highest BCUT2D eigenvalue weighted by Crippen LogP contribution is 2.40. The largest absolute Gasteiger partial charge is 0.508 e. The van der Waals surface area contributed by atoms with Crippen molar-refractivity contribution >= 4 is 21.0 Å². The van der Waals surface area contributed by atoms with Crippen molar-refractivity contribution in [1.29, 1.82) is 0 Å². The van der Waals surface area contributed by atoms with Gasteiger partial charge in [0.2, 0.25) is 0 Å².